The predicted octanol–water partition coefficient (Wildman–Crippen LogP) is 1.20. The average Bonchev–Trinajstić information content (AvgIpc) is 3.40. The Bertz CT molecular complexity index is 780. The van der Waals surface area contributed by atoms with Crippen molar-refractivity contribution >= 4 is 11.8 Å². The van der Waals surface area contributed by atoms with E-state index in [2.05, 4.69) is 10.1 Å². The van der Waals surface area contributed by atoms with Crippen molar-refractivity contribution in [3.8, 4) is 0 Å². The van der Waals surface area contributed by atoms with Gasteiger partial charge in [0.1, 0.15) is 12.1 Å². The van der Waals surface area contributed by atoms with E-state index in [0.717, 1.165) is 12.0 Å². The smallest absolute Gasteiger partial charge is 0.245 e. The summed E-state index contributed by atoms with van der Waals surface area (Å²) in [6, 6.07) is 9.23. The zero-order chi connectivity index (χ0) is 18.6. The Labute approximate surface area is 157 Å². The number of aromatic nitrogens is 2. The van der Waals surface area contributed by atoms with E-state index in [1.54, 1.807) is 9.80 Å². The van der Waals surface area contributed by atoms with Crippen LogP contribution in [0.1, 0.15) is 30.3 Å². The number of ether oxygens (including phenoxy) is 1. The Morgan fingerprint density at radius 2 is 2.04 bits per heavy atom. The van der Waals surface area contributed by atoms with Gasteiger partial charge in [0.15, 0.2) is 0 Å². The summed E-state index contributed by atoms with van der Waals surface area (Å²) in [4.78, 5) is 33.4. The minimum absolute atomic E-state index is 0.0000253. The van der Waals surface area contributed by atoms with Crippen LogP contribution < -0.4 is 0 Å². The van der Waals surface area contributed by atoms with Crippen molar-refractivity contribution in [3.05, 3.63) is 48.1 Å². The number of carbonyl (C=O) groups excluding carboxylic acids is 2. The van der Waals surface area contributed by atoms with Crippen LogP contribution in [-0.4, -0.2) is 64.0 Å². The number of morpholine rings is 1. The van der Waals surface area contributed by atoms with Gasteiger partial charge in [-0.3, -0.25) is 9.59 Å². The van der Waals surface area contributed by atoms with E-state index < -0.39 is 12.1 Å². The summed E-state index contributed by atoms with van der Waals surface area (Å²) in [5.74, 6) is 0.418. The van der Waals surface area contributed by atoms with E-state index in [1.165, 1.54) is 6.39 Å². The van der Waals surface area contributed by atoms with Crippen molar-refractivity contribution < 1.29 is 18.8 Å². The van der Waals surface area contributed by atoms with Gasteiger partial charge in [-0.25, -0.2) is 0 Å². The van der Waals surface area contributed by atoms with Gasteiger partial charge in [0.05, 0.1) is 19.6 Å². The highest BCUT2D eigenvalue weighted by molar-refractivity contribution is 5.89. The van der Waals surface area contributed by atoms with Gasteiger partial charge in [0, 0.05) is 13.1 Å². The van der Waals surface area contributed by atoms with Gasteiger partial charge in [0.25, 0.3) is 0 Å². The fourth-order valence-corrected chi connectivity index (χ4v) is 3.73. The van der Waals surface area contributed by atoms with Crippen molar-refractivity contribution in [3.63, 3.8) is 0 Å². The van der Waals surface area contributed by atoms with E-state index in [1.807, 2.05) is 30.3 Å². The first-order chi connectivity index (χ1) is 13.2. The zero-order valence-corrected chi connectivity index (χ0v) is 15.0. The number of hydrogen-bond acceptors (Lipinski definition) is 6. The molecule has 2 aromatic rings. The molecule has 2 fully saturated rings. The fraction of sp³-hybridized carbons (Fsp3) is 0.474. The average molecular weight is 370 g/mol. The quantitative estimate of drug-likeness (QED) is 0.804. The monoisotopic (exact) mass is 370 g/mol. The summed E-state index contributed by atoms with van der Waals surface area (Å²) in [6.07, 6.45) is 2.72. The molecule has 2 aliphatic rings. The van der Waals surface area contributed by atoms with Crippen LogP contribution in [0.15, 0.2) is 41.2 Å². The molecule has 1 aromatic carbocycles. The Morgan fingerprint density at radius 1 is 1.19 bits per heavy atom. The van der Waals surface area contributed by atoms with Crippen LogP contribution in [0.25, 0.3) is 0 Å². The molecule has 2 aliphatic heterocycles. The maximum atomic E-state index is 13.1. The number of likely N-dealkylation sites (tertiary alicyclic amines) is 1. The van der Waals surface area contributed by atoms with Crippen molar-refractivity contribution in [2.75, 3.05) is 26.2 Å². The third-order valence-corrected chi connectivity index (χ3v) is 5.10. The molecule has 27 heavy (non-hydrogen) atoms. The first kappa shape index (κ1) is 17.7. The van der Waals surface area contributed by atoms with Crippen LogP contribution in [0, 0.1) is 0 Å². The van der Waals surface area contributed by atoms with Gasteiger partial charge in [-0.2, -0.15) is 4.98 Å². The molecule has 2 saturated heterocycles. The van der Waals surface area contributed by atoms with E-state index in [0.29, 0.717) is 44.9 Å². The lowest BCUT2D eigenvalue weighted by atomic mass is 10.1. The molecular weight excluding hydrogens is 348 g/mol. The molecule has 0 saturated carbocycles. The Balaban J connectivity index is 1.42. The molecule has 142 valence electrons. The summed E-state index contributed by atoms with van der Waals surface area (Å²) >= 11 is 0. The molecule has 2 atom stereocenters. The highest BCUT2D eigenvalue weighted by Crippen LogP contribution is 2.24. The molecule has 0 aliphatic carbocycles. The number of rotatable bonds is 4. The second kappa shape index (κ2) is 7.87. The SMILES string of the molecule is O=C(C1CCCN1C(=O)Cc1ccccc1)N1CCOC(c2ncon2)C1. The molecule has 0 radical (unpaired) electrons. The maximum Gasteiger partial charge on any atom is 0.245 e. The molecule has 0 spiro atoms. The Kier molecular flexibility index (Phi) is 5.15. The number of carbonyl (C=O) groups is 2. The van der Waals surface area contributed by atoms with Crippen LogP contribution >= 0.6 is 0 Å². The molecule has 8 heteroatoms. The first-order valence-electron chi connectivity index (χ1n) is 9.22. The molecule has 8 nitrogen and oxygen atoms in total. The molecule has 0 bridgehead atoms. The van der Waals surface area contributed by atoms with Gasteiger partial charge in [-0.15, -0.1) is 0 Å². The lowest BCUT2D eigenvalue weighted by molar-refractivity contribution is -0.149. The number of hydrogen-bond donors (Lipinski definition) is 0. The summed E-state index contributed by atoms with van der Waals surface area (Å²) < 4.78 is 10.4. The van der Waals surface area contributed by atoms with E-state index in [4.69, 9.17) is 9.26 Å². The molecule has 2 amide bonds. The molecule has 2 unspecified atom stereocenters. The van der Waals surface area contributed by atoms with Gasteiger partial charge < -0.3 is 19.1 Å². The maximum absolute atomic E-state index is 13.1. The third kappa shape index (κ3) is 3.85. The van der Waals surface area contributed by atoms with Crippen LogP contribution in [0.3, 0.4) is 0 Å². The van der Waals surface area contributed by atoms with Crippen molar-refractivity contribution in [1.29, 1.82) is 0 Å². The lowest BCUT2D eigenvalue weighted by Crippen LogP contribution is -2.51. The highest BCUT2D eigenvalue weighted by Gasteiger charge is 2.38. The predicted molar refractivity (Wildman–Crippen MR) is 94.5 cm³/mol. The van der Waals surface area contributed by atoms with Gasteiger partial charge in [-0.1, -0.05) is 35.5 Å². The first-order valence-corrected chi connectivity index (χ1v) is 9.22. The molecule has 0 N–H and O–H groups in total. The van der Waals surface area contributed by atoms with E-state index >= 15 is 0 Å². The highest BCUT2D eigenvalue weighted by atomic mass is 16.5. The summed E-state index contributed by atoms with van der Waals surface area (Å²) in [5, 5.41) is 3.81. The fourth-order valence-electron chi connectivity index (χ4n) is 3.73. The molecule has 3 heterocycles. The normalized spacial score (nSPS) is 22.8. The lowest BCUT2D eigenvalue weighted by Gasteiger charge is -2.35. The Hall–Kier alpha value is -2.74. The number of nitrogens with zero attached hydrogens (tertiary/aromatic N) is 4. The van der Waals surface area contributed by atoms with E-state index in [9.17, 15) is 9.59 Å². The van der Waals surface area contributed by atoms with Crippen LogP contribution in [0.4, 0.5) is 0 Å². The standard InChI is InChI=1S/C19H22N4O4/c24-17(11-14-5-2-1-3-6-14)23-8-4-7-15(23)19(25)22-9-10-26-16(12-22)18-20-13-27-21-18/h1-3,5-6,13,15-16H,4,7-12H2. The largest absolute Gasteiger partial charge is 0.366 e. The zero-order valence-electron chi connectivity index (χ0n) is 15.0. The van der Waals surface area contributed by atoms with Gasteiger partial charge in [0.2, 0.25) is 24.0 Å². The minimum atomic E-state index is -0.398. The minimum Gasteiger partial charge on any atom is -0.366 e. The summed E-state index contributed by atoms with van der Waals surface area (Å²) in [6.45, 7) is 1.91. The third-order valence-electron chi connectivity index (χ3n) is 5.10. The van der Waals surface area contributed by atoms with Crippen LogP contribution in [0.5, 0.6) is 0 Å². The number of benzene rings is 1. The second-order valence-corrected chi connectivity index (χ2v) is 6.84. The summed E-state index contributed by atoms with van der Waals surface area (Å²) in [7, 11) is 0. The Morgan fingerprint density at radius 3 is 2.81 bits per heavy atom. The van der Waals surface area contributed by atoms with Crippen LogP contribution in [0.2, 0.25) is 0 Å². The molecular formula is C19H22N4O4. The van der Waals surface area contributed by atoms with E-state index in [-0.39, 0.29) is 11.8 Å². The van der Waals surface area contributed by atoms with Crippen molar-refractivity contribution in [2.45, 2.75) is 31.4 Å². The molecule has 4 rings (SSSR count). The summed E-state index contributed by atoms with van der Waals surface area (Å²) in [5.41, 5.74) is 0.962. The molecule has 1 aromatic heterocycles. The topological polar surface area (TPSA) is 88.8 Å². The van der Waals surface area contributed by atoms with Crippen molar-refractivity contribution in [1.82, 2.24) is 19.9 Å². The van der Waals surface area contributed by atoms with Gasteiger partial charge in [-0.05, 0) is 18.4 Å². The number of amides is 2. The second-order valence-electron chi connectivity index (χ2n) is 6.84. The van der Waals surface area contributed by atoms with Crippen molar-refractivity contribution in [2.24, 2.45) is 0 Å². The van der Waals surface area contributed by atoms with Crippen LogP contribution in [-0.2, 0) is 20.7 Å². The van der Waals surface area contributed by atoms with Gasteiger partial charge >= 0.3 is 0 Å².